The third-order valence-corrected chi connectivity index (χ3v) is 0. The van der Waals surface area contributed by atoms with Gasteiger partial charge in [0.15, 0.2) is 6.72 Å². The van der Waals surface area contributed by atoms with Crippen molar-refractivity contribution < 1.29 is 22.0 Å². The van der Waals surface area contributed by atoms with Gasteiger partial charge in [0.05, 0.1) is 0 Å². The average Bonchev–Trinajstić information content (AvgIpc) is 1.39. The van der Waals surface area contributed by atoms with Crippen LogP contribution in [0.25, 0.3) is 0 Å². The summed E-state index contributed by atoms with van der Waals surface area (Å²) in [6, 6.07) is 0. The van der Waals surface area contributed by atoms with Crippen molar-refractivity contribution in [3.8, 4) is 0 Å². The summed E-state index contributed by atoms with van der Waals surface area (Å²) in [5, 5.41) is 0. The summed E-state index contributed by atoms with van der Waals surface area (Å²) in [6.45, 7) is 1.83. The number of halogens is 1. The van der Waals surface area contributed by atoms with Crippen molar-refractivity contribution in [2.24, 2.45) is 0 Å². The van der Waals surface area contributed by atoms with Crippen molar-refractivity contribution in [3.05, 3.63) is 0 Å². The summed E-state index contributed by atoms with van der Waals surface area (Å²) in [5.74, 6) is 0. The molecule has 5 heteroatoms. The van der Waals surface area contributed by atoms with Gasteiger partial charge in [0.25, 0.3) is 0 Å². The van der Waals surface area contributed by atoms with Gasteiger partial charge in [-0.1, -0.05) is 0 Å². The van der Waals surface area contributed by atoms with Gasteiger partial charge in [-0.15, -0.1) is 0 Å². The van der Waals surface area contributed by atoms with Gasteiger partial charge < -0.3 is 0 Å². The second-order valence-corrected chi connectivity index (χ2v) is 1.73. The molecule has 0 saturated carbocycles. The molecule has 0 aliphatic rings. The molecule has 0 spiro atoms. The monoisotopic (exact) mass is 162 g/mol. The molecular formula is H5BFP2Zn. The molecule has 5 heavy (non-hydrogen) atoms. The van der Waals surface area contributed by atoms with Crippen LogP contribution in [0, 0.1) is 0 Å². The van der Waals surface area contributed by atoms with E-state index in [2.05, 4.69) is 18.2 Å². The Morgan fingerprint density at radius 1 is 2.00 bits per heavy atom. The van der Waals surface area contributed by atoms with Crippen molar-refractivity contribution in [3.63, 3.8) is 0 Å². The molecular weight excluding hydrogens is 157 g/mol. The van der Waals surface area contributed by atoms with E-state index in [-0.39, 0.29) is 0 Å². The Kier molecular flexibility index (Phi) is 23.2. The molecule has 2 unspecified atom stereocenters. The van der Waals surface area contributed by atoms with Gasteiger partial charge >= 0.3 is 22.8 Å². The Labute approximate surface area is 48.2 Å². The predicted molar refractivity (Wildman–Crippen MR) is 27.7 cm³/mol. The molecule has 0 aromatic rings. The van der Waals surface area contributed by atoms with Crippen LogP contribution in [0.4, 0.5) is 3.32 Å². The molecule has 0 aliphatic carbocycles. The van der Waals surface area contributed by atoms with Gasteiger partial charge in [-0.2, -0.15) is 18.2 Å². The summed E-state index contributed by atoms with van der Waals surface area (Å²) in [5.41, 5.74) is 0. The van der Waals surface area contributed by atoms with E-state index in [1.807, 2.05) is 6.72 Å². The van der Waals surface area contributed by atoms with Gasteiger partial charge in [-0.3, -0.25) is 0 Å². The molecule has 0 fully saturated rings. The molecule has 1 radical (unpaired) electrons. The molecule has 27 valence electrons. The fraction of sp³-hybridized carbons (Fsp3) is 0. The molecule has 0 N–H and O–H groups in total. The first-order valence-electron chi connectivity index (χ1n) is 1.64. The number of rotatable bonds is 0. The van der Waals surface area contributed by atoms with Gasteiger partial charge in [0.1, 0.15) is 0 Å². The molecule has 0 saturated heterocycles. The summed E-state index contributed by atoms with van der Waals surface area (Å²) in [6.07, 6.45) is 0. The van der Waals surface area contributed by atoms with Crippen LogP contribution in [0.3, 0.4) is 0 Å². The normalized spacial score (nSPS) is 5.00. The quantitative estimate of drug-likeness (QED) is 0.358. The van der Waals surface area contributed by atoms with Gasteiger partial charge in [0.2, 0.25) is 0 Å². The fourth-order valence-corrected chi connectivity index (χ4v) is 0. The Morgan fingerprint density at radius 3 is 2.00 bits per heavy atom. The first-order valence-corrected chi connectivity index (χ1v) is 3.39. The molecule has 0 rings (SSSR count). The van der Waals surface area contributed by atoms with Crippen LogP contribution in [0.15, 0.2) is 0 Å². The molecule has 0 aliphatic heterocycles. The Balaban J connectivity index is 0. The van der Waals surface area contributed by atoms with Crippen LogP contribution < -0.4 is 0 Å². The fourth-order valence-electron chi connectivity index (χ4n) is 0. The van der Waals surface area contributed by atoms with Crippen LogP contribution in [0.2, 0.25) is 0 Å². The first-order chi connectivity index (χ1) is 2.83. The van der Waals surface area contributed by atoms with E-state index in [9.17, 15) is 3.32 Å². The number of hydrogen-bond acceptors (Lipinski definition) is 0. The van der Waals surface area contributed by atoms with E-state index in [1.54, 1.807) is 0 Å². The van der Waals surface area contributed by atoms with E-state index < -0.39 is 18.6 Å². The summed E-state index contributed by atoms with van der Waals surface area (Å²) < 4.78 is 15.9. The minimum atomic E-state index is -2.12. The first kappa shape index (κ1) is 6.48. The van der Waals surface area contributed by atoms with Crippen molar-refractivity contribution in [1.82, 2.24) is 0 Å². The van der Waals surface area contributed by atoms with Crippen molar-refractivity contribution in [1.29, 1.82) is 0.832 Å². The summed E-state index contributed by atoms with van der Waals surface area (Å²) >= 11 is -2.12. The standard InChI is InChI=1S/BH4P2.FH.Zn.H/c2-1-3;;;/h2-3H2;1H;;/q;;+1;/p-1/i;;;1+1. The van der Waals surface area contributed by atoms with Crippen molar-refractivity contribution in [2.75, 3.05) is 0 Å². The van der Waals surface area contributed by atoms with Gasteiger partial charge in [-0.25, -0.2) is 0 Å². The Hall–Kier alpha value is 1.48. The van der Waals surface area contributed by atoms with E-state index in [0.29, 0.717) is 0 Å². The van der Waals surface area contributed by atoms with Gasteiger partial charge in [0, 0.05) is 0 Å². The number of hydrogen-bond donors (Lipinski definition) is 0. The van der Waals surface area contributed by atoms with E-state index in [4.69, 9.17) is 0.832 Å². The molecule has 0 amide bonds. The minimum absolute atomic E-state index is 1.83. The third-order valence-electron chi connectivity index (χ3n) is 0. The topological polar surface area (TPSA) is 0 Å². The van der Waals surface area contributed by atoms with Crippen molar-refractivity contribution >= 4 is 25.0 Å². The van der Waals surface area contributed by atoms with Gasteiger partial charge in [-0.05, 0) is 0 Å². The third kappa shape index (κ3) is 30.3. The van der Waals surface area contributed by atoms with Crippen molar-refractivity contribution in [2.45, 2.75) is 0 Å². The van der Waals surface area contributed by atoms with E-state index in [1.165, 1.54) is 0 Å². The zero-order valence-electron chi connectivity index (χ0n) is 3.82. The SMILES string of the molecule is P[B]P.[2H][Zn][F]. The average molecular weight is 163 g/mol. The molecule has 0 aromatic carbocycles. The zero-order valence-corrected chi connectivity index (χ0v) is 8.09. The zero-order chi connectivity index (χ0) is 5.41. The van der Waals surface area contributed by atoms with Crippen LogP contribution in [-0.4, -0.2) is 7.55 Å². The van der Waals surface area contributed by atoms with Crippen LogP contribution in [0.5, 0.6) is 0 Å². The second-order valence-electron chi connectivity index (χ2n) is 0.192. The maximum absolute atomic E-state index is 10.1. The molecule has 0 nitrogen and oxygen atoms in total. The van der Waals surface area contributed by atoms with E-state index in [0.717, 1.165) is 0 Å². The second kappa shape index (κ2) is 17.9. The predicted octanol–water partition coefficient (Wildman–Crippen LogP) is 0.421. The van der Waals surface area contributed by atoms with Crippen LogP contribution in [-0.2, 0) is 18.6 Å². The molecule has 0 aromatic heterocycles. The molecule has 2 atom stereocenters. The summed E-state index contributed by atoms with van der Waals surface area (Å²) in [4.78, 5) is 0. The molecule has 0 bridgehead atoms. The Morgan fingerprint density at radius 2 is 2.00 bits per heavy atom. The molecule has 0 heterocycles. The maximum atomic E-state index is 10.1. The Bertz CT molecular complexity index is 15.5. The summed E-state index contributed by atoms with van der Waals surface area (Å²) in [7, 11) is 4.83. The van der Waals surface area contributed by atoms with E-state index >= 15 is 0 Å². The van der Waals surface area contributed by atoms with Crippen LogP contribution >= 0.6 is 18.2 Å². The van der Waals surface area contributed by atoms with Crippen LogP contribution in [0.1, 0.15) is 0 Å².